The molecule has 5 unspecified atom stereocenters. The second kappa shape index (κ2) is 5.46. The highest BCUT2D eigenvalue weighted by atomic mass is 16.3. The summed E-state index contributed by atoms with van der Waals surface area (Å²) in [6, 6.07) is 0. The van der Waals surface area contributed by atoms with Crippen molar-refractivity contribution in [1.82, 2.24) is 0 Å². The Balaban J connectivity index is 2.26. The van der Waals surface area contributed by atoms with E-state index in [9.17, 15) is 10.2 Å². The average molecular weight is 280 g/mol. The van der Waals surface area contributed by atoms with E-state index in [2.05, 4.69) is 27.4 Å². The van der Waals surface area contributed by atoms with Crippen molar-refractivity contribution in [2.45, 2.75) is 78.4 Å². The maximum atomic E-state index is 10.4. The first-order valence-corrected chi connectivity index (χ1v) is 8.23. The molecule has 2 aliphatic carbocycles. The third kappa shape index (κ3) is 2.57. The molecule has 0 saturated heterocycles. The summed E-state index contributed by atoms with van der Waals surface area (Å²) in [6.07, 6.45) is 5.72. The Labute approximate surface area is 124 Å². The van der Waals surface area contributed by atoms with E-state index in [1.54, 1.807) is 0 Å². The molecule has 0 spiro atoms. The largest absolute Gasteiger partial charge is 0.393 e. The Hall–Kier alpha value is -0.340. The molecule has 2 rings (SSSR count). The summed E-state index contributed by atoms with van der Waals surface area (Å²) in [4.78, 5) is 0. The van der Waals surface area contributed by atoms with Crippen molar-refractivity contribution >= 4 is 0 Å². The van der Waals surface area contributed by atoms with Gasteiger partial charge in [-0.15, -0.1) is 0 Å². The van der Waals surface area contributed by atoms with E-state index >= 15 is 0 Å². The fourth-order valence-corrected chi connectivity index (χ4v) is 5.11. The average Bonchev–Trinajstić information content (AvgIpc) is 2.33. The summed E-state index contributed by atoms with van der Waals surface area (Å²) >= 11 is 0. The predicted octanol–water partition coefficient (Wildman–Crippen LogP) is 3.92. The first kappa shape index (κ1) is 16.0. The van der Waals surface area contributed by atoms with E-state index in [0.717, 1.165) is 38.5 Å². The van der Waals surface area contributed by atoms with Crippen LogP contribution in [-0.2, 0) is 0 Å². The van der Waals surface area contributed by atoms with Crippen LogP contribution < -0.4 is 0 Å². The molecule has 0 aromatic carbocycles. The van der Waals surface area contributed by atoms with E-state index in [4.69, 9.17) is 0 Å². The normalized spacial score (nSPS) is 42.1. The molecule has 2 nitrogen and oxygen atoms in total. The van der Waals surface area contributed by atoms with E-state index in [0.29, 0.717) is 11.8 Å². The van der Waals surface area contributed by atoms with Gasteiger partial charge in [0.05, 0.1) is 12.2 Å². The number of aliphatic hydroxyl groups excluding tert-OH is 2. The zero-order valence-electron chi connectivity index (χ0n) is 13.7. The van der Waals surface area contributed by atoms with Crippen molar-refractivity contribution in [2.24, 2.45) is 22.7 Å². The molecule has 0 bridgehead atoms. The van der Waals surface area contributed by atoms with Crippen LogP contribution in [0.5, 0.6) is 0 Å². The smallest absolute Gasteiger partial charge is 0.0594 e. The van der Waals surface area contributed by atoms with Gasteiger partial charge >= 0.3 is 0 Å². The summed E-state index contributed by atoms with van der Waals surface area (Å²) in [6.45, 7) is 13.1. The Bertz CT molecular complexity index is 372. The number of fused-ring (bicyclic) bond motifs is 1. The number of aliphatic hydroxyl groups is 2. The molecular weight excluding hydrogens is 248 g/mol. The zero-order valence-corrected chi connectivity index (χ0v) is 13.7. The summed E-state index contributed by atoms with van der Waals surface area (Å²) in [5, 5.41) is 20.0. The first-order valence-electron chi connectivity index (χ1n) is 8.23. The van der Waals surface area contributed by atoms with Crippen LogP contribution in [-0.4, -0.2) is 22.4 Å². The molecular formula is C18H32O2. The zero-order chi connectivity index (χ0) is 15.1. The summed E-state index contributed by atoms with van der Waals surface area (Å²) in [5.74, 6) is 1.06. The van der Waals surface area contributed by atoms with Crippen molar-refractivity contribution < 1.29 is 10.2 Å². The maximum Gasteiger partial charge on any atom is 0.0594 e. The van der Waals surface area contributed by atoms with Gasteiger partial charge in [-0.3, -0.25) is 0 Å². The highest BCUT2D eigenvalue weighted by Crippen LogP contribution is 2.61. The third-order valence-electron chi connectivity index (χ3n) is 6.43. The fraction of sp³-hybridized carbons (Fsp3) is 0.889. The van der Waals surface area contributed by atoms with Gasteiger partial charge in [0, 0.05) is 0 Å². The summed E-state index contributed by atoms with van der Waals surface area (Å²) in [5.41, 5.74) is 1.61. The lowest BCUT2D eigenvalue weighted by Crippen LogP contribution is -2.54. The third-order valence-corrected chi connectivity index (χ3v) is 6.43. The van der Waals surface area contributed by atoms with Gasteiger partial charge in [-0.05, 0) is 68.1 Å². The van der Waals surface area contributed by atoms with E-state index in [1.807, 2.05) is 6.92 Å². The van der Waals surface area contributed by atoms with Crippen LogP contribution in [0, 0.1) is 22.7 Å². The highest BCUT2D eigenvalue weighted by molar-refractivity contribution is 5.16. The molecule has 0 amide bonds. The standard InChI is InChI=1S/C18H32O2/c1-12-6-9-15-17(3,4)16(20)10-11-18(15,5)14(12)8-7-13(2)19/h13-16,19-20H,1,6-11H2,2-5H3. The molecule has 2 fully saturated rings. The van der Waals surface area contributed by atoms with Crippen molar-refractivity contribution in [1.29, 1.82) is 0 Å². The van der Waals surface area contributed by atoms with Gasteiger partial charge in [-0.25, -0.2) is 0 Å². The van der Waals surface area contributed by atoms with Crippen molar-refractivity contribution in [3.05, 3.63) is 12.2 Å². The monoisotopic (exact) mass is 280 g/mol. The Morgan fingerprint density at radius 3 is 2.55 bits per heavy atom. The highest BCUT2D eigenvalue weighted by Gasteiger charge is 2.55. The molecule has 20 heavy (non-hydrogen) atoms. The van der Waals surface area contributed by atoms with Gasteiger partial charge < -0.3 is 10.2 Å². The van der Waals surface area contributed by atoms with Crippen LogP contribution in [0.4, 0.5) is 0 Å². The summed E-state index contributed by atoms with van der Waals surface area (Å²) < 4.78 is 0. The summed E-state index contributed by atoms with van der Waals surface area (Å²) in [7, 11) is 0. The molecule has 116 valence electrons. The molecule has 5 atom stereocenters. The lowest BCUT2D eigenvalue weighted by atomic mass is 9.46. The van der Waals surface area contributed by atoms with Crippen LogP contribution in [0.3, 0.4) is 0 Å². The molecule has 2 saturated carbocycles. The molecule has 2 heteroatoms. The van der Waals surface area contributed by atoms with E-state index < -0.39 is 0 Å². The Morgan fingerprint density at radius 1 is 1.30 bits per heavy atom. The van der Waals surface area contributed by atoms with Crippen molar-refractivity contribution in [2.75, 3.05) is 0 Å². The Morgan fingerprint density at radius 2 is 1.95 bits per heavy atom. The van der Waals surface area contributed by atoms with E-state index in [1.165, 1.54) is 5.57 Å². The minimum atomic E-state index is -0.228. The SMILES string of the molecule is C=C1CCC2C(C)(C)C(O)CCC2(C)C1CCC(C)O. The molecule has 0 aromatic rings. The minimum absolute atomic E-state index is 0.00319. The number of rotatable bonds is 3. The van der Waals surface area contributed by atoms with Crippen LogP contribution in [0.25, 0.3) is 0 Å². The second-order valence-corrected chi connectivity index (χ2v) is 8.11. The fourth-order valence-electron chi connectivity index (χ4n) is 5.11. The molecule has 0 radical (unpaired) electrons. The molecule has 2 aliphatic rings. The van der Waals surface area contributed by atoms with Gasteiger partial charge in [-0.2, -0.15) is 0 Å². The van der Waals surface area contributed by atoms with Crippen LogP contribution in [0.15, 0.2) is 12.2 Å². The lowest BCUT2D eigenvalue weighted by Gasteiger charge is -2.59. The van der Waals surface area contributed by atoms with E-state index in [-0.39, 0.29) is 23.0 Å². The molecule has 0 aromatic heterocycles. The first-order chi connectivity index (χ1) is 9.19. The molecule has 2 N–H and O–H groups in total. The Kier molecular flexibility index (Phi) is 4.37. The van der Waals surface area contributed by atoms with Gasteiger partial charge in [-0.1, -0.05) is 32.9 Å². The lowest BCUT2D eigenvalue weighted by molar-refractivity contribution is -0.125. The minimum Gasteiger partial charge on any atom is -0.393 e. The predicted molar refractivity (Wildman–Crippen MR) is 83.4 cm³/mol. The van der Waals surface area contributed by atoms with Crippen LogP contribution in [0.1, 0.15) is 66.2 Å². The van der Waals surface area contributed by atoms with Gasteiger partial charge in [0.15, 0.2) is 0 Å². The van der Waals surface area contributed by atoms with Crippen molar-refractivity contribution in [3.63, 3.8) is 0 Å². The van der Waals surface area contributed by atoms with Gasteiger partial charge in [0.25, 0.3) is 0 Å². The quantitative estimate of drug-likeness (QED) is 0.769. The van der Waals surface area contributed by atoms with Gasteiger partial charge in [0.2, 0.25) is 0 Å². The number of hydrogen-bond acceptors (Lipinski definition) is 2. The number of hydrogen-bond donors (Lipinski definition) is 2. The van der Waals surface area contributed by atoms with Crippen LogP contribution >= 0.6 is 0 Å². The van der Waals surface area contributed by atoms with Crippen molar-refractivity contribution in [3.8, 4) is 0 Å². The maximum absolute atomic E-state index is 10.4. The molecule has 0 aliphatic heterocycles. The molecule has 0 heterocycles. The van der Waals surface area contributed by atoms with Crippen LogP contribution in [0.2, 0.25) is 0 Å². The second-order valence-electron chi connectivity index (χ2n) is 8.11. The topological polar surface area (TPSA) is 40.5 Å². The number of allylic oxidation sites excluding steroid dienone is 1. The van der Waals surface area contributed by atoms with Gasteiger partial charge in [0.1, 0.15) is 0 Å².